The van der Waals surface area contributed by atoms with Crippen molar-refractivity contribution < 1.29 is 17.8 Å². The summed E-state index contributed by atoms with van der Waals surface area (Å²) in [5.74, 6) is 0.624. The Balaban J connectivity index is 1.60. The van der Waals surface area contributed by atoms with Gasteiger partial charge in [0.1, 0.15) is 10.7 Å². The molecule has 2 fully saturated rings. The van der Waals surface area contributed by atoms with Crippen LogP contribution in [0.5, 0.6) is 0 Å². The zero-order valence-corrected chi connectivity index (χ0v) is 14.4. The van der Waals surface area contributed by atoms with Crippen molar-refractivity contribution in [1.29, 1.82) is 0 Å². The summed E-state index contributed by atoms with van der Waals surface area (Å²) in [4.78, 5) is 16.0. The minimum absolute atomic E-state index is 0.143. The second-order valence-corrected chi connectivity index (χ2v) is 7.88. The van der Waals surface area contributed by atoms with Crippen molar-refractivity contribution >= 4 is 16.1 Å². The first kappa shape index (κ1) is 16.4. The van der Waals surface area contributed by atoms with Crippen molar-refractivity contribution in [2.45, 2.75) is 24.9 Å². The van der Waals surface area contributed by atoms with Gasteiger partial charge in [-0.15, -0.1) is 0 Å². The predicted octanol–water partition coefficient (Wildman–Crippen LogP) is 0.515. The number of allylic oxidation sites excluding steroid dienone is 4. The number of rotatable bonds is 2. The number of amides is 2. The Bertz CT molecular complexity index is 821. The van der Waals surface area contributed by atoms with Crippen LogP contribution in [0, 0.1) is 0 Å². The summed E-state index contributed by atoms with van der Waals surface area (Å²) in [7, 11) is -4.33. The van der Waals surface area contributed by atoms with E-state index in [0.717, 1.165) is 25.9 Å². The summed E-state index contributed by atoms with van der Waals surface area (Å²) in [5, 5.41) is 6.33. The van der Waals surface area contributed by atoms with Crippen molar-refractivity contribution in [2.24, 2.45) is 0 Å². The van der Waals surface area contributed by atoms with E-state index in [1.807, 2.05) is 0 Å². The van der Waals surface area contributed by atoms with E-state index in [0.29, 0.717) is 18.1 Å². The molecule has 4 aliphatic rings. The van der Waals surface area contributed by atoms with Gasteiger partial charge < -0.3 is 15.5 Å². The van der Waals surface area contributed by atoms with Gasteiger partial charge in [-0.3, -0.25) is 9.45 Å². The van der Waals surface area contributed by atoms with Gasteiger partial charge in [-0.2, -0.15) is 8.42 Å². The second-order valence-electron chi connectivity index (χ2n) is 6.49. The van der Waals surface area contributed by atoms with Gasteiger partial charge in [0.05, 0.1) is 18.3 Å². The third-order valence-corrected chi connectivity index (χ3v) is 5.80. The minimum Gasteiger partial charge on any atom is -0.335 e. The zero-order chi connectivity index (χ0) is 17.6. The van der Waals surface area contributed by atoms with E-state index in [1.165, 1.54) is 6.08 Å². The smallest absolute Gasteiger partial charge is 0.323 e. The van der Waals surface area contributed by atoms with Crippen LogP contribution < -0.4 is 10.6 Å². The molecular weight excluding hydrogens is 344 g/mol. The molecule has 0 aromatic rings. The van der Waals surface area contributed by atoms with Crippen molar-refractivity contribution in [3.05, 3.63) is 46.8 Å². The molecule has 0 aliphatic carbocycles. The number of carbonyl (C=O) groups excluding carboxylic acids is 1. The molecule has 8 nitrogen and oxygen atoms in total. The third kappa shape index (κ3) is 2.88. The van der Waals surface area contributed by atoms with Crippen molar-refractivity contribution in [3.63, 3.8) is 0 Å². The molecule has 0 aromatic carbocycles. The standard InChI is InChI=1S/C16H20N4O4S/c21-16(18-11-6-8-17-9-7-11)19-10-12-4-5-14(25(22,23)24)13-2-1-3-15(19)20(12)13/h1-5,11-12,17H,6-10H2,(H,18,21)(H,22,23,24). The average molecular weight is 364 g/mol. The molecule has 25 heavy (non-hydrogen) atoms. The van der Waals surface area contributed by atoms with E-state index in [9.17, 15) is 17.8 Å². The molecule has 0 saturated carbocycles. The van der Waals surface area contributed by atoms with Gasteiger partial charge in [-0.1, -0.05) is 12.2 Å². The van der Waals surface area contributed by atoms with Crippen molar-refractivity contribution in [3.8, 4) is 0 Å². The van der Waals surface area contributed by atoms with Gasteiger partial charge in [-0.25, -0.2) is 4.79 Å². The van der Waals surface area contributed by atoms with Crippen LogP contribution in [0.1, 0.15) is 12.8 Å². The largest absolute Gasteiger partial charge is 0.335 e. The Morgan fingerprint density at radius 1 is 1.28 bits per heavy atom. The highest BCUT2D eigenvalue weighted by atomic mass is 32.2. The minimum atomic E-state index is -4.33. The number of hydrogen-bond donors (Lipinski definition) is 3. The van der Waals surface area contributed by atoms with E-state index >= 15 is 0 Å². The van der Waals surface area contributed by atoms with E-state index in [2.05, 4.69) is 10.6 Å². The first-order valence-electron chi connectivity index (χ1n) is 8.31. The van der Waals surface area contributed by atoms with E-state index in [1.54, 1.807) is 34.1 Å². The van der Waals surface area contributed by atoms with Gasteiger partial charge in [0, 0.05) is 6.04 Å². The number of urea groups is 1. The predicted molar refractivity (Wildman–Crippen MR) is 91.7 cm³/mol. The van der Waals surface area contributed by atoms with Gasteiger partial charge in [0.15, 0.2) is 0 Å². The molecule has 134 valence electrons. The number of carbonyl (C=O) groups is 1. The normalized spacial score (nSPS) is 26.0. The number of hydrogen-bond acceptors (Lipinski definition) is 5. The Morgan fingerprint density at radius 2 is 2.04 bits per heavy atom. The number of nitrogens with zero attached hydrogens (tertiary/aromatic N) is 2. The monoisotopic (exact) mass is 364 g/mol. The molecule has 0 spiro atoms. The molecule has 2 amide bonds. The molecule has 2 saturated heterocycles. The molecule has 4 heterocycles. The molecule has 1 atom stereocenters. The fourth-order valence-electron chi connectivity index (χ4n) is 3.70. The van der Waals surface area contributed by atoms with Crippen molar-refractivity contribution in [1.82, 2.24) is 20.4 Å². The number of piperidine rings is 1. The molecule has 1 unspecified atom stereocenters. The van der Waals surface area contributed by atoms with Crippen LogP contribution in [0.25, 0.3) is 0 Å². The molecule has 4 rings (SSSR count). The van der Waals surface area contributed by atoms with Crippen LogP contribution in [-0.2, 0) is 10.1 Å². The van der Waals surface area contributed by atoms with Crippen molar-refractivity contribution in [2.75, 3.05) is 19.6 Å². The highest BCUT2D eigenvalue weighted by molar-refractivity contribution is 7.90. The lowest BCUT2D eigenvalue weighted by molar-refractivity contribution is 0.207. The molecular formula is C16H20N4O4S. The first-order valence-corrected chi connectivity index (χ1v) is 9.75. The van der Waals surface area contributed by atoms with Gasteiger partial charge >= 0.3 is 6.03 Å². The first-order chi connectivity index (χ1) is 11.9. The fourth-order valence-corrected chi connectivity index (χ4v) is 4.38. The maximum absolute atomic E-state index is 12.7. The number of nitrogens with one attached hydrogen (secondary N) is 2. The summed E-state index contributed by atoms with van der Waals surface area (Å²) in [6.07, 6.45) is 10.0. The lowest BCUT2D eigenvalue weighted by Gasteiger charge is -2.32. The zero-order valence-electron chi connectivity index (χ0n) is 13.6. The summed E-state index contributed by atoms with van der Waals surface area (Å²) in [6, 6.07) is -0.176. The maximum atomic E-state index is 12.7. The molecule has 9 heteroatoms. The van der Waals surface area contributed by atoms with E-state index in [4.69, 9.17) is 0 Å². The van der Waals surface area contributed by atoms with E-state index < -0.39 is 10.1 Å². The van der Waals surface area contributed by atoms with Gasteiger partial charge in [0.25, 0.3) is 10.1 Å². The molecule has 3 N–H and O–H groups in total. The van der Waals surface area contributed by atoms with Gasteiger partial charge in [0.2, 0.25) is 0 Å². The topological polar surface area (TPSA) is 102 Å². The highest BCUT2D eigenvalue weighted by Gasteiger charge is 2.42. The average Bonchev–Trinajstić information content (AvgIpc) is 2.96. The summed E-state index contributed by atoms with van der Waals surface area (Å²) in [5.41, 5.74) is 0.393. The Hall–Kier alpha value is -2.10. The van der Waals surface area contributed by atoms with Crippen LogP contribution in [0.3, 0.4) is 0 Å². The summed E-state index contributed by atoms with van der Waals surface area (Å²) in [6.45, 7) is 2.21. The molecule has 4 aliphatic heterocycles. The van der Waals surface area contributed by atoms with E-state index in [-0.39, 0.29) is 23.0 Å². The highest BCUT2D eigenvalue weighted by Crippen LogP contribution is 2.38. The maximum Gasteiger partial charge on any atom is 0.323 e. The fraction of sp³-hybridized carbons (Fsp3) is 0.438. The summed E-state index contributed by atoms with van der Waals surface area (Å²) < 4.78 is 32.7. The molecule has 0 radical (unpaired) electrons. The molecule has 0 aromatic heterocycles. The summed E-state index contributed by atoms with van der Waals surface area (Å²) >= 11 is 0. The van der Waals surface area contributed by atoms with Crippen LogP contribution in [0.4, 0.5) is 4.79 Å². The van der Waals surface area contributed by atoms with Crippen LogP contribution in [0.2, 0.25) is 0 Å². The Morgan fingerprint density at radius 3 is 2.76 bits per heavy atom. The van der Waals surface area contributed by atoms with Crippen LogP contribution >= 0.6 is 0 Å². The van der Waals surface area contributed by atoms with Crippen LogP contribution in [0.15, 0.2) is 46.8 Å². The lowest BCUT2D eigenvalue weighted by atomic mass is 10.1. The lowest BCUT2D eigenvalue weighted by Crippen LogP contribution is -2.47. The van der Waals surface area contributed by atoms with Crippen LogP contribution in [-0.4, -0.2) is 60.5 Å². The SMILES string of the molecule is O=C(NC1CCNCC1)N1CC2C=CC(S(=O)(=O)O)=C3C=CC=C1N32. The Kier molecular flexibility index (Phi) is 3.94. The third-order valence-electron chi connectivity index (χ3n) is 4.90. The molecule has 0 bridgehead atoms. The Labute approximate surface area is 146 Å². The second kappa shape index (κ2) is 6.01. The quantitative estimate of drug-likeness (QED) is 0.617. The van der Waals surface area contributed by atoms with Gasteiger partial charge in [-0.05, 0) is 44.2 Å².